The van der Waals surface area contributed by atoms with E-state index >= 15 is 0 Å². The quantitative estimate of drug-likeness (QED) is 0.636. The highest BCUT2D eigenvalue weighted by Gasteiger charge is 2.23. The lowest BCUT2D eigenvalue weighted by molar-refractivity contribution is -0.129. The minimum atomic E-state index is -3.92. The van der Waals surface area contributed by atoms with Crippen molar-refractivity contribution >= 4 is 37.5 Å². The number of nitrogens with one attached hydrogen (secondary N) is 1. The van der Waals surface area contributed by atoms with Gasteiger partial charge in [-0.15, -0.1) is 0 Å². The van der Waals surface area contributed by atoms with E-state index in [4.69, 9.17) is 9.47 Å². The molecule has 0 bridgehead atoms. The van der Waals surface area contributed by atoms with Gasteiger partial charge in [-0.05, 0) is 40.5 Å². The molecule has 2 rings (SSSR count). The molecular formula is C19H23BrN2O5S. The van der Waals surface area contributed by atoms with Crippen LogP contribution in [0.25, 0.3) is 0 Å². The van der Waals surface area contributed by atoms with Crippen LogP contribution in [0.4, 0.5) is 5.69 Å². The highest BCUT2D eigenvalue weighted by molar-refractivity contribution is 9.10. The Labute approximate surface area is 173 Å². The maximum absolute atomic E-state index is 13.0. The average Bonchev–Trinajstić information content (AvgIpc) is 2.66. The summed E-state index contributed by atoms with van der Waals surface area (Å²) in [6.07, 6.45) is 0. The van der Waals surface area contributed by atoms with Gasteiger partial charge >= 0.3 is 0 Å². The Hall–Kier alpha value is -2.26. The molecule has 9 heteroatoms. The summed E-state index contributed by atoms with van der Waals surface area (Å²) in [5.41, 5.74) is 1.10. The number of hydrogen-bond acceptors (Lipinski definition) is 5. The van der Waals surface area contributed by atoms with E-state index in [1.807, 2.05) is 6.92 Å². The molecule has 0 aliphatic rings. The van der Waals surface area contributed by atoms with Crippen molar-refractivity contribution in [3.8, 4) is 11.5 Å². The summed E-state index contributed by atoms with van der Waals surface area (Å²) in [4.78, 5) is 13.4. The lowest BCUT2D eigenvalue weighted by Gasteiger charge is -2.21. The summed E-state index contributed by atoms with van der Waals surface area (Å²) >= 11 is 3.28. The molecule has 0 radical (unpaired) electrons. The molecule has 0 spiro atoms. The maximum Gasteiger partial charge on any atom is 0.263 e. The molecule has 0 aliphatic carbocycles. The van der Waals surface area contributed by atoms with Crippen LogP contribution in [-0.2, 0) is 21.4 Å². The number of rotatable bonds is 8. The zero-order valence-corrected chi connectivity index (χ0v) is 18.6. The van der Waals surface area contributed by atoms with E-state index < -0.39 is 10.0 Å². The molecule has 0 aliphatic heterocycles. The minimum Gasteiger partial charge on any atom is -0.493 e. The first-order chi connectivity index (χ1) is 13.2. The smallest absolute Gasteiger partial charge is 0.263 e. The third kappa shape index (κ3) is 4.96. The van der Waals surface area contributed by atoms with Gasteiger partial charge in [-0.2, -0.15) is 0 Å². The van der Waals surface area contributed by atoms with Crippen LogP contribution in [0.5, 0.6) is 11.5 Å². The van der Waals surface area contributed by atoms with Gasteiger partial charge in [0.2, 0.25) is 5.91 Å². The fraction of sp³-hybridized carbons (Fsp3) is 0.316. The summed E-state index contributed by atoms with van der Waals surface area (Å²) in [7, 11) is -1.01. The van der Waals surface area contributed by atoms with Crippen molar-refractivity contribution < 1.29 is 22.7 Å². The molecule has 0 aromatic heterocycles. The van der Waals surface area contributed by atoms with Crippen molar-refractivity contribution in [2.45, 2.75) is 25.3 Å². The number of halogens is 1. The molecule has 2 aromatic carbocycles. The van der Waals surface area contributed by atoms with Crippen molar-refractivity contribution in [2.75, 3.05) is 25.5 Å². The van der Waals surface area contributed by atoms with Gasteiger partial charge in [-0.25, -0.2) is 8.42 Å². The van der Waals surface area contributed by atoms with Crippen molar-refractivity contribution in [3.05, 3.63) is 46.4 Å². The van der Waals surface area contributed by atoms with Crippen LogP contribution in [0.2, 0.25) is 0 Å². The molecule has 0 heterocycles. The van der Waals surface area contributed by atoms with Crippen molar-refractivity contribution in [3.63, 3.8) is 0 Å². The summed E-state index contributed by atoms with van der Waals surface area (Å²) < 4.78 is 39.4. The predicted octanol–water partition coefficient (Wildman–Crippen LogP) is 3.64. The topological polar surface area (TPSA) is 84.9 Å². The molecule has 1 N–H and O–H groups in total. The highest BCUT2D eigenvalue weighted by atomic mass is 79.9. The first kappa shape index (κ1) is 22.0. The van der Waals surface area contributed by atoms with Crippen LogP contribution >= 0.6 is 15.9 Å². The molecule has 0 fully saturated rings. The van der Waals surface area contributed by atoms with E-state index in [2.05, 4.69) is 20.7 Å². The molecule has 0 saturated heterocycles. The largest absolute Gasteiger partial charge is 0.493 e. The van der Waals surface area contributed by atoms with Gasteiger partial charge in [0.05, 0.1) is 19.9 Å². The predicted molar refractivity (Wildman–Crippen MR) is 111 cm³/mol. The Balaban J connectivity index is 2.42. The summed E-state index contributed by atoms with van der Waals surface area (Å²) in [6, 6.07) is 9.90. The van der Waals surface area contributed by atoms with Crippen LogP contribution in [0.1, 0.15) is 19.4 Å². The molecular weight excluding hydrogens is 448 g/mol. The van der Waals surface area contributed by atoms with Crippen LogP contribution in [0.3, 0.4) is 0 Å². The average molecular weight is 471 g/mol. The van der Waals surface area contributed by atoms with Crippen molar-refractivity contribution in [1.82, 2.24) is 4.90 Å². The summed E-state index contributed by atoms with van der Waals surface area (Å²) in [6.45, 7) is 4.18. The van der Waals surface area contributed by atoms with Crippen LogP contribution in [0, 0.1) is 0 Å². The molecule has 7 nitrogen and oxygen atoms in total. The second-order valence-electron chi connectivity index (χ2n) is 5.93. The Morgan fingerprint density at radius 3 is 2.32 bits per heavy atom. The van der Waals surface area contributed by atoms with E-state index in [1.165, 1.54) is 33.3 Å². The molecule has 0 saturated carbocycles. The highest BCUT2D eigenvalue weighted by Crippen LogP contribution is 2.36. The number of para-hydroxylation sites is 1. The number of carbonyl (C=O) groups is 1. The van der Waals surface area contributed by atoms with E-state index in [9.17, 15) is 13.2 Å². The van der Waals surface area contributed by atoms with E-state index in [-0.39, 0.29) is 10.8 Å². The molecule has 28 heavy (non-hydrogen) atoms. The molecule has 152 valence electrons. The lowest BCUT2D eigenvalue weighted by atomic mass is 10.1. The van der Waals surface area contributed by atoms with Gasteiger partial charge in [0.1, 0.15) is 4.90 Å². The zero-order chi connectivity index (χ0) is 20.9. The van der Waals surface area contributed by atoms with Gasteiger partial charge in [0, 0.05) is 30.6 Å². The molecule has 0 unspecified atom stereocenters. The minimum absolute atomic E-state index is 0.0128. The second kappa shape index (κ2) is 9.29. The first-order valence-electron chi connectivity index (χ1n) is 8.51. The van der Waals surface area contributed by atoms with E-state index in [0.29, 0.717) is 40.3 Å². The number of ether oxygens (including phenoxy) is 2. The lowest BCUT2D eigenvalue weighted by Crippen LogP contribution is -2.28. The van der Waals surface area contributed by atoms with Gasteiger partial charge in [-0.1, -0.05) is 18.2 Å². The van der Waals surface area contributed by atoms with Crippen LogP contribution in [0.15, 0.2) is 45.8 Å². The maximum atomic E-state index is 13.0. The monoisotopic (exact) mass is 470 g/mol. The van der Waals surface area contributed by atoms with Gasteiger partial charge in [0.15, 0.2) is 11.5 Å². The normalized spacial score (nSPS) is 11.0. The number of amides is 1. The fourth-order valence-corrected chi connectivity index (χ4v) is 4.79. The van der Waals surface area contributed by atoms with Crippen molar-refractivity contribution in [1.29, 1.82) is 0 Å². The van der Waals surface area contributed by atoms with Gasteiger partial charge in [0.25, 0.3) is 10.0 Å². The first-order valence-corrected chi connectivity index (χ1v) is 10.8. The number of sulfonamides is 1. The Morgan fingerprint density at radius 2 is 1.75 bits per heavy atom. The van der Waals surface area contributed by atoms with E-state index in [0.717, 1.165) is 0 Å². The number of anilines is 1. The van der Waals surface area contributed by atoms with Crippen LogP contribution in [-0.4, -0.2) is 40.0 Å². The Morgan fingerprint density at radius 1 is 1.14 bits per heavy atom. The van der Waals surface area contributed by atoms with Crippen molar-refractivity contribution in [2.24, 2.45) is 0 Å². The number of nitrogens with zero attached hydrogens (tertiary/aromatic N) is 1. The Kier molecular flexibility index (Phi) is 7.31. The number of carbonyl (C=O) groups excluding carboxylic acids is 1. The number of methoxy groups -OCH3 is 2. The van der Waals surface area contributed by atoms with Gasteiger partial charge in [-0.3, -0.25) is 9.52 Å². The molecule has 1 amide bonds. The van der Waals surface area contributed by atoms with Crippen LogP contribution < -0.4 is 14.2 Å². The second-order valence-corrected chi connectivity index (χ2v) is 8.44. The fourth-order valence-electron chi connectivity index (χ4n) is 2.65. The third-order valence-corrected chi connectivity index (χ3v) is 6.50. The number of benzene rings is 2. The standard InChI is InChI=1S/C19H23BrN2O5S/c1-5-22(13(2)23)12-14-8-6-7-9-16(14)21-28(24,25)19-11-18(27-4)17(26-3)10-15(19)20/h6-11,21H,5,12H2,1-4H3. The molecule has 0 atom stereocenters. The third-order valence-electron chi connectivity index (χ3n) is 4.18. The zero-order valence-electron chi connectivity index (χ0n) is 16.2. The SMILES string of the molecule is CCN(Cc1ccccc1NS(=O)(=O)c1cc(OC)c(OC)cc1Br)C(C)=O. The summed E-state index contributed by atoms with van der Waals surface area (Å²) in [5.74, 6) is 0.629. The Bertz CT molecular complexity index is 963. The molecule has 2 aromatic rings. The number of hydrogen-bond donors (Lipinski definition) is 1. The van der Waals surface area contributed by atoms with E-state index in [1.54, 1.807) is 29.2 Å². The summed E-state index contributed by atoms with van der Waals surface area (Å²) in [5, 5.41) is 0. The van der Waals surface area contributed by atoms with Gasteiger partial charge < -0.3 is 14.4 Å².